The summed E-state index contributed by atoms with van der Waals surface area (Å²) in [7, 11) is 0. The Morgan fingerprint density at radius 2 is 1.84 bits per heavy atom. The predicted molar refractivity (Wildman–Crippen MR) is 98.3 cm³/mol. The number of aryl methyl sites for hydroxylation is 2. The fourth-order valence-electron chi connectivity index (χ4n) is 3.22. The molecule has 0 atom stereocenters. The summed E-state index contributed by atoms with van der Waals surface area (Å²) < 4.78 is 0. The van der Waals surface area contributed by atoms with Crippen LogP contribution in [0.5, 0.6) is 0 Å². The number of carbonyl (C=O) groups is 1. The van der Waals surface area contributed by atoms with Crippen molar-refractivity contribution in [2.45, 2.75) is 20.4 Å². The van der Waals surface area contributed by atoms with Crippen molar-refractivity contribution in [2.75, 3.05) is 26.2 Å². The number of carbonyl (C=O) groups excluding carboxylic acids is 1. The van der Waals surface area contributed by atoms with Gasteiger partial charge in [0, 0.05) is 38.3 Å². The molecule has 0 saturated carbocycles. The molecule has 0 aromatic heterocycles. The van der Waals surface area contributed by atoms with Crippen molar-refractivity contribution in [2.24, 2.45) is 0 Å². The molecule has 0 bridgehead atoms. The van der Waals surface area contributed by atoms with E-state index in [1.165, 1.54) is 16.7 Å². The maximum Gasteiger partial charge on any atom is 0.253 e. The van der Waals surface area contributed by atoms with Crippen molar-refractivity contribution < 1.29 is 4.79 Å². The lowest BCUT2D eigenvalue weighted by Gasteiger charge is -2.35. The van der Waals surface area contributed by atoms with E-state index in [2.05, 4.69) is 43.0 Å². The molecule has 128 valence electrons. The van der Waals surface area contributed by atoms with Crippen molar-refractivity contribution in [3.8, 4) is 6.07 Å². The molecular formula is C21H23N3O. The van der Waals surface area contributed by atoms with Gasteiger partial charge in [0.05, 0.1) is 11.6 Å². The predicted octanol–water partition coefficient (Wildman–Crippen LogP) is 3.13. The van der Waals surface area contributed by atoms with E-state index in [1.807, 2.05) is 4.90 Å². The average Bonchev–Trinajstić information content (AvgIpc) is 2.65. The van der Waals surface area contributed by atoms with Crippen LogP contribution in [0.4, 0.5) is 0 Å². The highest BCUT2D eigenvalue weighted by atomic mass is 16.2. The van der Waals surface area contributed by atoms with Gasteiger partial charge < -0.3 is 4.90 Å². The van der Waals surface area contributed by atoms with Crippen LogP contribution in [0.2, 0.25) is 0 Å². The summed E-state index contributed by atoms with van der Waals surface area (Å²) >= 11 is 0. The number of nitriles is 1. The molecule has 4 heteroatoms. The van der Waals surface area contributed by atoms with Crippen LogP contribution in [0.3, 0.4) is 0 Å². The molecule has 25 heavy (non-hydrogen) atoms. The molecule has 1 aliphatic rings. The molecule has 1 amide bonds. The van der Waals surface area contributed by atoms with Crippen LogP contribution in [0, 0.1) is 25.2 Å². The third kappa shape index (κ3) is 4.07. The Labute approximate surface area is 149 Å². The maximum atomic E-state index is 12.6. The maximum absolute atomic E-state index is 12.6. The van der Waals surface area contributed by atoms with Crippen LogP contribution in [0.15, 0.2) is 42.5 Å². The quantitative estimate of drug-likeness (QED) is 0.867. The smallest absolute Gasteiger partial charge is 0.253 e. The van der Waals surface area contributed by atoms with Crippen LogP contribution in [0.1, 0.15) is 32.6 Å². The van der Waals surface area contributed by atoms with E-state index >= 15 is 0 Å². The third-order valence-electron chi connectivity index (χ3n) is 4.80. The third-order valence-corrected chi connectivity index (χ3v) is 4.80. The molecule has 2 aromatic carbocycles. The Morgan fingerprint density at radius 3 is 2.56 bits per heavy atom. The van der Waals surface area contributed by atoms with E-state index in [-0.39, 0.29) is 5.91 Å². The van der Waals surface area contributed by atoms with Crippen molar-refractivity contribution in [1.82, 2.24) is 9.80 Å². The lowest BCUT2D eigenvalue weighted by Crippen LogP contribution is -2.48. The minimum Gasteiger partial charge on any atom is -0.336 e. The molecule has 1 fully saturated rings. The van der Waals surface area contributed by atoms with Gasteiger partial charge in [-0.3, -0.25) is 9.69 Å². The van der Waals surface area contributed by atoms with Crippen molar-refractivity contribution in [3.63, 3.8) is 0 Å². The van der Waals surface area contributed by atoms with Crippen LogP contribution in [-0.2, 0) is 6.54 Å². The lowest BCUT2D eigenvalue weighted by atomic mass is 10.0. The van der Waals surface area contributed by atoms with Gasteiger partial charge in [0.2, 0.25) is 0 Å². The summed E-state index contributed by atoms with van der Waals surface area (Å²) in [5.74, 6) is 0.0171. The minimum absolute atomic E-state index is 0.0171. The second-order valence-electron chi connectivity index (χ2n) is 6.69. The Morgan fingerprint density at radius 1 is 1.08 bits per heavy atom. The number of piperazine rings is 1. The molecule has 2 aromatic rings. The van der Waals surface area contributed by atoms with E-state index < -0.39 is 0 Å². The van der Waals surface area contributed by atoms with Crippen LogP contribution < -0.4 is 0 Å². The molecule has 1 saturated heterocycles. The van der Waals surface area contributed by atoms with Crippen LogP contribution >= 0.6 is 0 Å². The van der Waals surface area contributed by atoms with E-state index in [4.69, 9.17) is 5.26 Å². The highest BCUT2D eigenvalue weighted by molar-refractivity contribution is 5.94. The van der Waals surface area contributed by atoms with E-state index in [0.717, 1.165) is 32.7 Å². The number of benzene rings is 2. The summed E-state index contributed by atoms with van der Waals surface area (Å²) in [6, 6.07) is 15.6. The van der Waals surface area contributed by atoms with Gasteiger partial charge >= 0.3 is 0 Å². The van der Waals surface area contributed by atoms with E-state index in [0.29, 0.717) is 11.1 Å². The summed E-state index contributed by atoms with van der Waals surface area (Å²) in [5, 5.41) is 8.99. The molecule has 1 heterocycles. The molecule has 0 N–H and O–H groups in total. The zero-order chi connectivity index (χ0) is 17.8. The largest absolute Gasteiger partial charge is 0.336 e. The van der Waals surface area contributed by atoms with Gasteiger partial charge in [-0.1, -0.05) is 29.8 Å². The van der Waals surface area contributed by atoms with Gasteiger partial charge in [-0.05, 0) is 43.2 Å². The molecule has 1 aliphatic heterocycles. The van der Waals surface area contributed by atoms with Crippen molar-refractivity contribution in [1.29, 1.82) is 5.26 Å². The van der Waals surface area contributed by atoms with Gasteiger partial charge in [0.25, 0.3) is 5.91 Å². The van der Waals surface area contributed by atoms with Crippen LogP contribution in [-0.4, -0.2) is 41.9 Å². The second kappa shape index (κ2) is 7.50. The molecular weight excluding hydrogens is 310 g/mol. The second-order valence-corrected chi connectivity index (χ2v) is 6.69. The normalized spacial score (nSPS) is 15.0. The molecule has 0 aliphatic carbocycles. The van der Waals surface area contributed by atoms with Gasteiger partial charge in [0.1, 0.15) is 0 Å². The average molecular weight is 333 g/mol. The Hall–Kier alpha value is -2.64. The van der Waals surface area contributed by atoms with Gasteiger partial charge in [0.15, 0.2) is 0 Å². The topological polar surface area (TPSA) is 47.3 Å². The number of amides is 1. The monoisotopic (exact) mass is 333 g/mol. The zero-order valence-corrected chi connectivity index (χ0v) is 14.8. The lowest BCUT2D eigenvalue weighted by molar-refractivity contribution is 0.0628. The highest BCUT2D eigenvalue weighted by Gasteiger charge is 2.22. The molecule has 0 spiro atoms. The van der Waals surface area contributed by atoms with Gasteiger partial charge in [-0.15, -0.1) is 0 Å². The number of hydrogen-bond acceptors (Lipinski definition) is 3. The molecule has 0 unspecified atom stereocenters. The van der Waals surface area contributed by atoms with Gasteiger partial charge in [-0.25, -0.2) is 0 Å². The fourth-order valence-corrected chi connectivity index (χ4v) is 3.22. The fraction of sp³-hybridized carbons (Fsp3) is 0.333. The number of nitrogens with zero attached hydrogens (tertiary/aromatic N) is 3. The Bertz CT molecular complexity index is 814. The zero-order valence-electron chi connectivity index (χ0n) is 14.8. The first-order valence-corrected chi connectivity index (χ1v) is 8.65. The minimum atomic E-state index is 0.0171. The first-order chi connectivity index (χ1) is 12.1. The van der Waals surface area contributed by atoms with E-state index in [1.54, 1.807) is 24.3 Å². The summed E-state index contributed by atoms with van der Waals surface area (Å²) in [6.45, 7) is 8.39. The highest BCUT2D eigenvalue weighted by Crippen LogP contribution is 2.16. The summed E-state index contributed by atoms with van der Waals surface area (Å²) in [5.41, 5.74) is 5.09. The SMILES string of the molecule is Cc1ccc(C)c(CN2CCN(C(=O)c3cccc(C#N)c3)CC2)c1. The van der Waals surface area contributed by atoms with E-state index in [9.17, 15) is 4.79 Å². The van der Waals surface area contributed by atoms with Crippen LogP contribution in [0.25, 0.3) is 0 Å². The molecule has 0 radical (unpaired) electrons. The van der Waals surface area contributed by atoms with Crippen molar-refractivity contribution >= 4 is 5.91 Å². The Kier molecular flexibility index (Phi) is 5.16. The Balaban J connectivity index is 1.60. The van der Waals surface area contributed by atoms with Crippen molar-refractivity contribution in [3.05, 3.63) is 70.3 Å². The molecule has 3 rings (SSSR count). The number of rotatable bonds is 3. The van der Waals surface area contributed by atoms with Gasteiger partial charge in [-0.2, -0.15) is 5.26 Å². The first kappa shape index (κ1) is 17.2. The summed E-state index contributed by atoms with van der Waals surface area (Å²) in [6.07, 6.45) is 0. The molecule has 4 nitrogen and oxygen atoms in total. The first-order valence-electron chi connectivity index (χ1n) is 8.65. The summed E-state index contributed by atoms with van der Waals surface area (Å²) in [4.78, 5) is 16.9. The number of hydrogen-bond donors (Lipinski definition) is 0. The standard InChI is InChI=1S/C21H23N3O/c1-16-6-7-17(2)20(12-16)15-23-8-10-24(11-9-23)21(25)19-5-3-4-18(13-19)14-22/h3-7,12-13H,8-11,15H2,1-2H3.